The fraction of sp³-hybridized carbons (Fsp3) is 0.625. The van der Waals surface area contributed by atoms with Crippen LogP contribution in [0.5, 0.6) is 0 Å². The van der Waals surface area contributed by atoms with Crippen LogP contribution >= 0.6 is 11.3 Å². The zero-order chi connectivity index (χ0) is 22.1. The van der Waals surface area contributed by atoms with E-state index in [4.69, 9.17) is 0 Å². The lowest BCUT2D eigenvalue weighted by molar-refractivity contribution is -0.151. The molecule has 0 radical (unpaired) electrons. The first-order valence-electron chi connectivity index (χ1n) is 11.6. The summed E-state index contributed by atoms with van der Waals surface area (Å²) in [5.41, 5.74) is 1.53. The molecular formula is C24H32N2O4S. The Kier molecular flexibility index (Phi) is 6.51. The molecule has 1 aromatic heterocycles. The molecule has 5 rings (SSSR count). The quantitative estimate of drug-likeness (QED) is 0.562. The number of anilines is 1. The van der Waals surface area contributed by atoms with Crippen molar-refractivity contribution in [1.82, 2.24) is 5.32 Å². The largest absolute Gasteiger partial charge is 0.481 e. The molecule has 4 unspecified atom stereocenters. The molecule has 0 aromatic carbocycles. The van der Waals surface area contributed by atoms with Gasteiger partial charge in [0.05, 0.1) is 17.4 Å². The minimum Gasteiger partial charge on any atom is -0.481 e. The molecule has 7 heteroatoms. The summed E-state index contributed by atoms with van der Waals surface area (Å²) in [5.74, 6) is -2.75. The summed E-state index contributed by atoms with van der Waals surface area (Å²) >= 11 is 1.42. The van der Waals surface area contributed by atoms with Crippen molar-refractivity contribution in [2.45, 2.75) is 71.3 Å². The first kappa shape index (κ1) is 22.1. The number of aryl methyl sites for hydroxylation is 1. The SMILES string of the molecule is CCc1c(C)sc(NC(=O)C2C3C=CC(CC3)C2C(=O)O)c1C(=O)NC1CCCCC1. The highest BCUT2D eigenvalue weighted by Crippen LogP contribution is 2.46. The first-order valence-corrected chi connectivity index (χ1v) is 12.4. The molecule has 1 heterocycles. The van der Waals surface area contributed by atoms with Gasteiger partial charge in [0.1, 0.15) is 5.00 Å². The van der Waals surface area contributed by atoms with Gasteiger partial charge in [-0.25, -0.2) is 0 Å². The lowest BCUT2D eigenvalue weighted by atomic mass is 9.62. The molecule has 2 fully saturated rings. The average molecular weight is 445 g/mol. The Morgan fingerprint density at radius 2 is 1.68 bits per heavy atom. The summed E-state index contributed by atoms with van der Waals surface area (Å²) in [5, 5.41) is 16.5. The molecule has 0 saturated heterocycles. The van der Waals surface area contributed by atoms with Gasteiger partial charge >= 0.3 is 5.97 Å². The summed E-state index contributed by atoms with van der Waals surface area (Å²) in [6, 6.07) is 0.185. The van der Waals surface area contributed by atoms with Crippen molar-refractivity contribution in [2.24, 2.45) is 23.7 Å². The summed E-state index contributed by atoms with van der Waals surface area (Å²) in [7, 11) is 0. The summed E-state index contributed by atoms with van der Waals surface area (Å²) < 4.78 is 0. The van der Waals surface area contributed by atoms with Gasteiger partial charge < -0.3 is 15.7 Å². The molecular weight excluding hydrogens is 412 g/mol. The zero-order valence-electron chi connectivity index (χ0n) is 18.3. The van der Waals surface area contributed by atoms with E-state index in [1.165, 1.54) is 17.8 Å². The highest BCUT2D eigenvalue weighted by atomic mass is 32.1. The summed E-state index contributed by atoms with van der Waals surface area (Å²) in [4.78, 5) is 39.5. The van der Waals surface area contributed by atoms with Gasteiger partial charge in [0.15, 0.2) is 0 Å². The predicted molar refractivity (Wildman–Crippen MR) is 121 cm³/mol. The minimum atomic E-state index is -0.911. The van der Waals surface area contributed by atoms with Crippen LogP contribution in [0.1, 0.15) is 72.7 Å². The van der Waals surface area contributed by atoms with E-state index in [1.54, 1.807) is 0 Å². The van der Waals surface area contributed by atoms with Crippen LogP contribution in [0.2, 0.25) is 0 Å². The maximum atomic E-state index is 13.3. The Morgan fingerprint density at radius 3 is 2.26 bits per heavy atom. The Labute approximate surface area is 187 Å². The van der Waals surface area contributed by atoms with Crippen LogP contribution in [0.3, 0.4) is 0 Å². The molecule has 2 amide bonds. The van der Waals surface area contributed by atoms with E-state index >= 15 is 0 Å². The van der Waals surface area contributed by atoms with Gasteiger partial charge in [0.25, 0.3) is 5.91 Å². The van der Waals surface area contributed by atoms with Crippen LogP contribution in [0.25, 0.3) is 0 Å². The second kappa shape index (κ2) is 9.15. The number of hydrogen-bond acceptors (Lipinski definition) is 4. The number of carboxylic acid groups (broad SMARTS) is 1. The van der Waals surface area contributed by atoms with E-state index in [0.29, 0.717) is 17.0 Å². The standard InChI is InChI=1S/C24H32N2O4S/c1-3-17-13(2)31-23(20(17)22(28)25-16-7-5-4-6-8-16)26-21(27)18-14-9-11-15(12-10-14)19(18)24(29)30/h9,11,14-16,18-19H,3-8,10,12H2,1-2H3,(H,25,28)(H,26,27)(H,29,30). The topological polar surface area (TPSA) is 95.5 Å². The zero-order valence-corrected chi connectivity index (χ0v) is 19.1. The molecule has 6 nitrogen and oxygen atoms in total. The van der Waals surface area contributed by atoms with Crippen molar-refractivity contribution < 1.29 is 19.5 Å². The van der Waals surface area contributed by atoms with Crippen molar-refractivity contribution >= 4 is 34.1 Å². The Bertz CT molecular complexity index is 900. The van der Waals surface area contributed by atoms with Gasteiger partial charge in [-0.3, -0.25) is 14.4 Å². The van der Waals surface area contributed by atoms with Gasteiger partial charge in [-0.15, -0.1) is 11.3 Å². The molecule has 4 atom stereocenters. The Balaban J connectivity index is 1.58. The van der Waals surface area contributed by atoms with Crippen molar-refractivity contribution in [3.63, 3.8) is 0 Å². The second-order valence-electron chi connectivity index (χ2n) is 9.17. The molecule has 4 aliphatic carbocycles. The number of carbonyl (C=O) groups excluding carboxylic acids is 2. The number of hydrogen-bond donors (Lipinski definition) is 3. The van der Waals surface area contributed by atoms with Crippen molar-refractivity contribution in [3.05, 3.63) is 28.2 Å². The van der Waals surface area contributed by atoms with Crippen molar-refractivity contribution in [2.75, 3.05) is 5.32 Å². The molecule has 2 bridgehead atoms. The maximum Gasteiger partial charge on any atom is 0.307 e. The number of allylic oxidation sites excluding steroid dienone is 2. The molecule has 0 spiro atoms. The van der Waals surface area contributed by atoms with Crippen LogP contribution in [-0.4, -0.2) is 28.9 Å². The van der Waals surface area contributed by atoms with Gasteiger partial charge in [0, 0.05) is 10.9 Å². The Morgan fingerprint density at radius 1 is 1.03 bits per heavy atom. The molecule has 168 valence electrons. The third-order valence-electron chi connectivity index (χ3n) is 7.30. The van der Waals surface area contributed by atoms with Gasteiger partial charge in [-0.1, -0.05) is 38.3 Å². The maximum absolute atomic E-state index is 13.3. The normalized spacial score (nSPS) is 27.8. The average Bonchev–Trinajstić information content (AvgIpc) is 3.09. The van der Waals surface area contributed by atoms with E-state index in [1.807, 2.05) is 26.0 Å². The van der Waals surface area contributed by atoms with E-state index in [9.17, 15) is 19.5 Å². The first-order chi connectivity index (χ1) is 14.9. The number of aliphatic carboxylic acids is 1. The second-order valence-corrected chi connectivity index (χ2v) is 10.4. The predicted octanol–water partition coefficient (Wildman–Crippen LogP) is 4.53. The van der Waals surface area contributed by atoms with Gasteiger partial charge in [-0.2, -0.15) is 0 Å². The van der Waals surface area contributed by atoms with Crippen LogP contribution in [0, 0.1) is 30.6 Å². The number of carboxylic acids is 1. The molecule has 31 heavy (non-hydrogen) atoms. The Hall–Kier alpha value is -2.15. The summed E-state index contributed by atoms with van der Waals surface area (Å²) in [6.07, 6.45) is 11.8. The van der Waals surface area contributed by atoms with E-state index in [0.717, 1.165) is 49.0 Å². The van der Waals surface area contributed by atoms with Crippen molar-refractivity contribution in [3.8, 4) is 0 Å². The molecule has 2 saturated carbocycles. The fourth-order valence-electron chi connectivity index (χ4n) is 5.72. The van der Waals surface area contributed by atoms with Gasteiger partial charge in [-0.05, 0) is 56.4 Å². The van der Waals surface area contributed by atoms with E-state index in [2.05, 4.69) is 10.6 Å². The third-order valence-corrected chi connectivity index (χ3v) is 8.37. The highest BCUT2D eigenvalue weighted by Gasteiger charge is 2.48. The number of nitrogens with one attached hydrogen (secondary N) is 2. The van der Waals surface area contributed by atoms with Crippen LogP contribution in [0.4, 0.5) is 5.00 Å². The van der Waals surface area contributed by atoms with Gasteiger partial charge in [0.2, 0.25) is 5.91 Å². The van der Waals surface area contributed by atoms with Crippen LogP contribution in [-0.2, 0) is 16.0 Å². The van der Waals surface area contributed by atoms with E-state index < -0.39 is 17.8 Å². The lowest BCUT2D eigenvalue weighted by Gasteiger charge is -2.41. The molecule has 0 aliphatic heterocycles. The minimum absolute atomic E-state index is 0.0580. The molecule has 4 aliphatic rings. The monoisotopic (exact) mass is 444 g/mol. The summed E-state index contributed by atoms with van der Waals surface area (Å²) in [6.45, 7) is 3.99. The van der Waals surface area contributed by atoms with Crippen LogP contribution in [0.15, 0.2) is 12.2 Å². The molecule has 1 aromatic rings. The fourth-order valence-corrected chi connectivity index (χ4v) is 6.87. The number of amides is 2. The number of fused-ring (bicyclic) bond motifs is 2. The molecule has 3 N–H and O–H groups in total. The smallest absolute Gasteiger partial charge is 0.307 e. The van der Waals surface area contributed by atoms with E-state index in [-0.39, 0.29) is 29.7 Å². The van der Waals surface area contributed by atoms with Crippen LogP contribution < -0.4 is 10.6 Å². The third kappa shape index (κ3) is 4.29. The van der Waals surface area contributed by atoms with Crippen molar-refractivity contribution in [1.29, 1.82) is 0 Å². The number of carbonyl (C=O) groups is 3. The highest BCUT2D eigenvalue weighted by molar-refractivity contribution is 7.16. The number of rotatable bonds is 6. The number of thiophene rings is 1. The lowest BCUT2D eigenvalue weighted by Crippen LogP contribution is -2.47.